The molecule has 0 unspecified atom stereocenters. The zero-order valence-corrected chi connectivity index (χ0v) is 9.32. The number of hydrogen-bond donors (Lipinski definition) is 0. The van der Waals surface area contributed by atoms with Gasteiger partial charge in [-0.1, -0.05) is 17.7 Å². The van der Waals surface area contributed by atoms with Crippen LogP contribution in [0.1, 0.15) is 17.0 Å². The Balaban J connectivity index is 2.42. The molecule has 0 aliphatic rings. The van der Waals surface area contributed by atoms with Gasteiger partial charge in [0.25, 0.3) is 0 Å². The molecule has 1 aromatic carbocycles. The van der Waals surface area contributed by atoms with E-state index < -0.39 is 0 Å². The van der Waals surface area contributed by atoms with Gasteiger partial charge in [-0.3, -0.25) is 0 Å². The summed E-state index contributed by atoms with van der Waals surface area (Å²) in [6.45, 7) is 3.86. The third-order valence-corrected chi connectivity index (χ3v) is 2.40. The topological polar surface area (TPSA) is 49.8 Å². The number of aromatic nitrogens is 1. The summed E-state index contributed by atoms with van der Waals surface area (Å²) in [5, 5.41) is 8.64. The fourth-order valence-corrected chi connectivity index (χ4v) is 1.57. The first-order valence-corrected chi connectivity index (χ1v) is 5.11. The number of oxazole rings is 1. The van der Waals surface area contributed by atoms with E-state index in [2.05, 4.69) is 11.1 Å². The average Bonchev–Trinajstić information content (AvgIpc) is 2.61. The first kappa shape index (κ1) is 10.4. The summed E-state index contributed by atoms with van der Waals surface area (Å²) in [4.78, 5) is 4.32. The maximum atomic E-state index is 8.64. The molecule has 0 atom stereocenters. The van der Waals surface area contributed by atoms with Gasteiger partial charge in [-0.25, -0.2) is 4.98 Å². The van der Waals surface area contributed by atoms with Gasteiger partial charge in [0.15, 0.2) is 0 Å². The molecule has 0 aliphatic heterocycles. The highest BCUT2D eigenvalue weighted by Gasteiger charge is 2.10. The number of nitrogens with zero attached hydrogens (tertiary/aromatic N) is 2. The molecule has 1 aromatic heterocycles. The first-order chi connectivity index (χ1) is 7.70. The monoisotopic (exact) mass is 212 g/mol. The Morgan fingerprint density at radius 2 is 2.19 bits per heavy atom. The third kappa shape index (κ3) is 1.96. The fraction of sp³-hybridized carbons (Fsp3) is 0.231. The molecule has 0 saturated carbocycles. The Hall–Kier alpha value is -2.08. The van der Waals surface area contributed by atoms with Crippen LogP contribution >= 0.6 is 0 Å². The largest absolute Gasteiger partial charge is 0.441 e. The van der Waals surface area contributed by atoms with Gasteiger partial charge in [0, 0.05) is 5.56 Å². The van der Waals surface area contributed by atoms with E-state index in [0.717, 1.165) is 22.6 Å². The van der Waals surface area contributed by atoms with Crippen LogP contribution in [-0.4, -0.2) is 4.98 Å². The van der Waals surface area contributed by atoms with E-state index in [1.807, 2.05) is 38.1 Å². The van der Waals surface area contributed by atoms with Gasteiger partial charge in [0.2, 0.25) is 5.89 Å². The molecule has 0 aliphatic carbocycles. The lowest BCUT2D eigenvalue weighted by Gasteiger charge is -1.96. The predicted octanol–water partition coefficient (Wildman–Crippen LogP) is 3.02. The molecule has 2 rings (SSSR count). The summed E-state index contributed by atoms with van der Waals surface area (Å²) in [6.07, 6.45) is 0.293. The second-order valence-electron chi connectivity index (χ2n) is 3.73. The van der Waals surface area contributed by atoms with Crippen LogP contribution in [0.25, 0.3) is 11.5 Å². The van der Waals surface area contributed by atoms with Crippen molar-refractivity contribution in [2.24, 2.45) is 0 Å². The van der Waals surface area contributed by atoms with Crippen molar-refractivity contribution in [3.63, 3.8) is 0 Å². The van der Waals surface area contributed by atoms with Gasteiger partial charge in [0.1, 0.15) is 5.76 Å². The van der Waals surface area contributed by atoms with Gasteiger partial charge >= 0.3 is 0 Å². The van der Waals surface area contributed by atoms with Crippen LogP contribution in [0.2, 0.25) is 0 Å². The third-order valence-electron chi connectivity index (χ3n) is 2.40. The summed E-state index contributed by atoms with van der Waals surface area (Å²) in [5.41, 5.74) is 2.83. The lowest BCUT2D eigenvalue weighted by atomic mass is 10.1. The lowest BCUT2D eigenvalue weighted by molar-refractivity contribution is 0.540. The van der Waals surface area contributed by atoms with Crippen LogP contribution in [0.15, 0.2) is 28.7 Å². The van der Waals surface area contributed by atoms with E-state index >= 15 is 0 Å². The molecular formula is C13H12N2O. The maximum Gasteiger partial charge on any atom is 0.226 e. The molecule has 80 valence electrons. The molecule has 0 N–H and O–H groups in total. The second-order valence-corrected chi connectivity index (χ2v) is 3.73. The van der Waals surface area contributed by atoms with Gasteiger partial charge < -0.3 is 4.42 Å². The van der Waals surface area contributed by atoms with Crippen LogP contribution in [0.3, 0.4) is 0 Å². The van der Waals surface area contributed by atoms with Crippen molar-refractivity contribution in [2.75, 3.05) is 0 Å². The zero-order chi connectivity index (χ0) is 11.5. The molecule has 3 heteroatoms. The van der Waals surface area contributed by atoms with Crippen molar-refractivity contribution < 1.29 is 4.42 Å². The smallest absolute Gasteiger partial charge is 0.226 e. The minimum atomic E-state index is 0.293. The molecule has 0 saturated heterocycles. The van der Waals surface area contributed by atoms with Gasteiger partial charge in [0.05, 0.1) is 18.2 Å². The van der Waals surface area contributed by atoms with Gasteiger partial charge in [-0.2, -0.15) is 5.26 Å². The molecule has 0 amide bonds. The van der Waals surface area contributed by atoms with Crippen LogP contribution in [0.5, 0.6) is 0 Å². The first-order valence-electron chi connectivity index (χ1n) is 5.11. The standard InChI is InChI=1S/C13H12N2O/c1-9-4-3-5-11(8-9)13-15-12(6-7-14)10(2)16-13/h3-5,8H,6H2,1-2H3. The molecule has 2 aromatic rings. The molecule has 3 nitrogen and oxygen atoms in total. The van der Waals surface area contributed by atoms with Crippen LogP contribution in [-0.2, 0) is 6.42 Å². The van der Waals surface area contributed by atoms with Crippen molar-refractivity contribution in [1.29, 1.82) is 5.26 Å². The van der Waals surface area contributed by atoms with Crippen LogP contribution < -0.4 is 0 Å². The van der Waals surface area contributed by atoms with Crippen molar-refractivity contribution in [2.45, 2.75) is 20.3 Å². The van der Waals surface area contributed by atoms with E-state index in [1.165, 1.54) is 0 Å². The summed E-state index contributed by atoms with van der Waals surface area (Å²) in [6, 6.07) is 10.0. The molecule has 0 fully saturated rings. The molecular weight excluding hydrogens is 200 g/mol. The zero-order valence-electron chi connectivity index (χ0n) is 9.32. The summed E-state index contributed by atoms with van der Waals surface area (Å²) in [5.74, 6) is 1.31. The second kappa shape index (κ2) is 4.19. The molecule has 0 spiro atoms. The number of nitriles is 1. The van der Waals surface area contributed by atoms with E-state index in [-0.39, 0.29) is 0 Å². The summed E-state index contributed by atoms with van der Waals surface area (Å²) >= 11 is 0. The highest BCUT2D eigenvalue weighted by molar-refractivity contribution is 5.54. The minimum absolute atomic E-state index is 0.293. The number of benzene rings is 1. The van der Waals surface area contributed by atoms with Gasteiger partial charge in [-0.15, -0.1) is 0 Å². The van der Waals surface area contributed by atoms with Crippen molar-refractivity contribution in [3.05, 3.63) is 41.3 Å². The highest BCUT2D eigenvalue weighted by Crippen LogP contribution is 2.22. The van der Waals surface area contributed by atoms with Crippen molar-refractivity contribution in [1.82, 2.24) is 4.98 Å². The Labute approximate surface area is 94.4 Å². The Bertz CT molecular complexity index is 549. The van der Waals surface area contributed by atoms with Crippen LogP contribution in [0, 0.1) is 25.2 Å². The van der Waals surface area contributed by atoms with Gasteiger partial charge in [-0.05, 0) is 26.0 Å². The molecule has 16 heavy (non-hydrogen) atoms. The average molecular weight is 212 g/mol. The molecule has 0 bridgehead atoms. The van der Waals surface area contributed by atoms with Crippen molar-refractivity contribution in [3.8, 4) is 17.5 Å². The van der Waals surface area contributed by atoms with E-state index in [9.17, 15) is 0 Å². The van der Waals surface area contributed by atoms with Crippen LogP contribution in [0.4, 0.5) is 0 Å². The fourth-order valence-electron chi connectivity index (χ4n) is 1.57. The normalized spacial score (nSPS) is 10.1. The molecule has 1 heterocycles. The summed E-state index contributed by atoms with van der Waals surface area (Å²) < 4.78 is 5.55. The Kier molecular flexibility index (Phi) is 2.74. The minimum Gasteiger partial charge on any atom is -0.441 e. The quantitative estimate of drug-likeness (QED) is 0.768. The highest BCUT2D eigenvalue weighted by atomic mass is 16.4. The maximum absolute atomic E-state index is 8.64. The predicted molar refractivity (Wildman–Crippen MR) is 60.7 cm³/mol. The number of hydrogen-bond acceptors (Lipinski definition) is 3. The molecule has 0 radical (unpaired) electrons. The van der Waals surface area contributed by atoms with E-state index in [4.69, 9.17) is 9.68 Å². The van der Waals surface area contributed by atoms with E-state index in [0.29, 0.717) is 12.3 Å². The number of rotatable bonds is 2. The Morgan fingerprint density at radius 1 is 1.38 bits per heavy atom. The summed E-state index contributed by atoms with van der Waals surface area (Å²) in [7, 11) is 0. The van der Waals surface area contributed by atoms with Crippen molar-refractivity contribution >= 4 is 0 Å². The number of aryl methyl sites for hydroxylation is 2. The van der Waals surface area contributed by atoms with E-state index in [1.54, 1.807) is 0 Å². The lowest BCUT2D eigenvalue weighted by Crippen LogP contribution is -1.84. The Morgan fingerprint density at radius 3 is 2.88 bits per heavy atom. The SMILES string of the molecule is Cc1cccc(-c2nc(CC#N)c(C)o2)c1.